The van der Waals surface area contributed by atoms with Crippen LogP contribution in [-0.2, 0) is 0 Å². The molecule has 0 radical (unpaired) electrons. The molecule has 0 amide bonds. The van der Waals surface area contributed by atoms with E-state index in [1.165, 1.54) is 0 Å². The Morgan fingerprint density at radius 3 is 2.60 bits per heavy atom. The lowest BCUT2D eigenvalue weighted by Crippen LogP contribution is -2.18. The molecule has 0 N–H and O–H groups in total. The number of alkyl halides is 3. The number of ether oxygens (including phenoxy) is 1. The van der Waals surface area contributed by atoms with Crippen LogP contribution in [0.3, 0.4) is 0 Å². The van der Waals surface area contributed by atoms with Crippen LogP contribution in [0, 0.1) is 10.1 Å². The molecule has 0 saturated carbocycles. The second-order valence-corrected chi connectivity index (χ2v) is 2.61. The summed E-state index contributed by atoms with van der Waals surface area (Å²) in [5, 5.41) is 9.70. The van der Waals surface area contributed by atoms with Gasteiger partial charge in [-0.15, -0.1) is 13.2 Å². The molecular formula is C6H2ClF3N2O3. The van der Waals surface area contributed by atoms with Gasteiger partial charge in [0, 0.05) is 12.3 Å². The molecule has 0 unspecified atom stereocenters. The zero-order valence-electron chi connectivity index (χ0n) is 6.79. The Kier molecular flexibility index (Phi) is 2.98. The van der Waals surface area contributed by atoms with Crippen LogP contribution in [0.25, 0.3) is 0 Å². The van der Waals surface area contributed by atoms with Gasteiger partial charge < -0.3 is 4.74 Å². The molecular weight excluding hydrogens is 241 g/mol. The van der Waals surface area contributed by atoms with Crippen molar-refractivity contribution in [1.29, 1.82) is 0 Å². The van der Waals surface area contributed by atoms with E-state index in [0.29, 0.717) is 6.07 Å². The number of halogens is 4. The lowest BCUT2D eigenvalue weighted by atomic mass is 10.4. The van der Waals surface area contributed by atoms with Crippen LogP contribution in [-0.4, -0.2) is 16.3 Å². The highest BCUT2D eigenvalue weighted by molar-refractivity contribution is 6.31. The van der Waals surface area contributed by atoms with Gasteiger partial charge >= 0.3 is 12.0 Å². The SMILES string of the molecule is O=[N+]([O-])c1c(OC(F)(F)F)ccnc1Cl. The van der Waals surface area contributed by atoms with Crippen molar-refractivity contribution < 1.29 is 22.8 Å². The number of pyridine rings is 1. The molecule has 1 rings (SSSR count). The summed E-state index contributed by atoms with van der Waals surface area (Å²) >= 11 is 5.25. The molecule has 0 atom stereocenters. The molecule has 5 nitrogen and oxygen atoms in total. The van der Waals surface area contributed by atoms with Crippen molar-refractivity contribution in [2.45, 2.75) is 6.36 Å². The van der Waals surface area contributed by atoms with Crippen molar-refractivity contribution in [3.05, 3.63) is 27.5 Å². The van der Waals surface area contributed by atoms with Gasteiger partial charge in [0.15, 0.2) is 0 Å². The van der Waals surface area contributed by atoms with Crippen molar-refractivity contribution in [2.75, 3.05) is 0 Å². The van der Waals surface area contributed by atoms with Crippen molar-refractivity contribution >= 4 is 17.3 Å². The van der Waals surface area contributed by atoms with E-state index in [0.717, 1.165) is 6.20 Å². The van der Waals surface area contributed by atoms with E-state index in [1.54, 1.807) is 0 Å². The van der Waals surface area contributed by atoms with Crippen LogP contribution >= 0.6 is 11.6 Å². The smallest absolute Gasteiger partial charge is 0.398 e. The van der Waals surface area contributed by atoms with Gasteiger partial charge in [-0.2, -0.15) is 0 Å². The molecule has 9 heteroatoms. The topological polar surface area (TPSA) is 65.3 Å². The van der Waals surface area contributed by atoms with Gasteiger partial charge in [0.25, 0.3) is 0 Å². The standard InChI is InChI=1S/C6H2ClF3N2O3/c7-5-4(12(13)14)3(1-2-11-5)15-6(8,9)10/h1-2H. The van der Waals surface area contributed by atoms with Gasteiger partial charge in [0.1, 0.15) is 0 Å². The molecule has 0 aliphatic rings. The van der Waals surface area contributed by atoms with E-state index in [2.05, 4.69) is 9.72 Å². The largest absolute Gasteiger partial charge is 0.573 e. The average molecular weight is 243 g/mol. The summed E-state index contributed by atoms with van der Waals surface area (Å²) in [5.41, 5.74) is -1.02. The lowest BCUT2D eigenvalue weighted by molar-refractivity contribution is -0.388. The maximum atomic E-state index is 11.8. The molecule has 0 saturated heterocycles. The summed E-state index contributed by atoms with van der Waals surface area (Å²) in [6.45, 7) is 0. The summed E-state index contributed by atoms with van der Waals surface area (Å²) in [7, 11) is 0. The zero-order valence-corrected chi connectivity index (χ0v) is 7.54. The molecule has 0 aromatic carbocycles. The first-order valence-electron chi connectivity index (χ1n) is 3.36. The molecule has 1 heterocycles. The second-order valence-electron chi connectivity index (χ2n) is 2.25. The van der Waals surface area contributed by atoms with E-state index in [9.17, 15) is 23.3 Å². The molecule has 0 spiro atoms. The Hall–Kier alpha value is -1.57. The maximum absolute atomic E-state index is 11.8. The number of rotatable bonds is 2. The van der Waals surface area contributed by atoms with Gasteiger partial charge in [-0.1, -0.05) is 11.6 Å². The summed E-state index contributed by atoms with van der Waals surface area (Å²) in [6, 6.07) is 0.706. The Bertz CT molecular complexity index is 396. The van der Waals surface area contributed by atoms with Gasteiger partial charge in [0.05, 0.1) is 4.92 Å². The third-order valence-electron chi connectivity index (χ3n) is 1.25. The highest BCUT2D eigenvalue weighted by Crippen LogP contribution is 2.35. The zero-order chi connectivity index (χ0) is 11.6. The van der Waals surface area contributed by atoms with Crippen molar-refractivity contribution in [3.8, 4) is 5.75 Å². The summed E-state index contributed by atoms with van der Waals surface area (Å²) in [6.07, 6.45) is -4.15. The van der Waals surface area contributed by atoms with Gasteiger partial charge in [-0.25, -0.2) is 4.98 Å². The highest BCUT2D eigenvalue weighted by atomic mass is 35.5. The van der Waals surface area contributed by atoms with E-state index < -0.39 is 27.9 Å². The summed E-state index contributed by atoms with van der Waals surface area (Å²) in [5.74, 6) is -0.993. The third kappa shape index (κ3) is 2.94. The normalized spacial score (nSPS) is 11.2. The van der Waals surface area contributed by atoms with Crippen molar-refractivity contribution in [2.24, 2.45) is 0 Å². The number of nitro groups is 1. The molecule has 1 aromatic heterocycles. The van der Waals surface area contributed by atoms with Gasteiger partial charge in [-0.3, -0.25) is 10.1 Å². The third-order valence-corrected chi connectivity index (χ3v) is 1.53. The number of hydrogen-bond acceptors (Lipinski definition) is 4. The van der Waals surface area contributed by atoms with Crippen LogP contribution in [0.4, 0.5) is 18.9 Å². The number of nitrogens with zero attached hydrogens (tertiary/aromatic N) is 2. The Morgan fingerprint density at radius 1 is 1.53 bits per heavy atom. The van der Waals surface area contributed by atoms with Crippen LogP contribution in [0.15, 0.2) is 12.3 Å². The molecule has 0 aliphatic carbocycles. The molecule has 1 aromatic rings. The van der Waals surface area contributed by atoms with Gasteiger partial charge in [0.2, 0.25) is 10.9 Å². The molecule has 0 aliphatic heterocycles. The number of hydrogen-bond donors (Lipinski definition) is 0. The molecule has 82 valence electrons. The Balaban J connectivity index is 3.18. The molecule has 15 heavy (non-hydrogen) atoms. The maximum Gasteiger partial charge on any atom is 0.573 e. The predicted molar refractivity (Wildman–Crippen MR) is 42.6 cm³/mol. The predicted octanol–water partition coefficient (Wildman–Crippen LogP) is 2.54. The fourth-order valence-electron chi connectivity index (χ4n) is 0.784. The number of aromatic nitrogens is 1. The van der Waals surface area contributed by atoms with Crippen molar-refractivity contribution in [3.63, 3.8) is 0 Å². The van der Waals surface area contributed by atoms with E-state index in [4.69, 9.17) is 11.6 Å². The van der Waals surface area contributed by atoms with Gasteiger partial charge in [-0.05, 0) is 0 Å². The lowest BCUT2D eigenvalue weighted by Gasteiger charge is -2.08. The van der Waals surface area contributed by atoms with E-state index in [-0.39, 0.29) is 0 Å². The van der Waals surface area contributed by atoms with Crippen LogP contribution in [0.2, 0.25) is 5.15 Å². The van der Waals surface area contributed by atoms with Crippen LogP contribution < -0.4 is 4.74 Å². The molecule has 0 bridgehead atoms. The van der Waals surface area contributed by atoms with E-state index in [1.807, 2.05) is 0 Å². The minimum atomic E-state index is -5.02. The first-order valence-corrected chi connectivity index (χ1v) is 3.73. The first-order chi connectivity index (χ1) is 6.81. The monoisotopic (exact) mass is 242 g/mol. The van der Waals surface area contributed by atoms with E-state index >= 15 is 0 Å². The highest BCUT2D eigenvalue weighted by Gasteiger charge is 2.35. The fraction of sp³-hybridized carbons (Fsp3) is 0.167. The quantitative estimate of drug-likeness (QED) is 0.454. The van der Waals surface area contributed by atoms with Crippen molar-refractivity contribution in [1.82, 2.24) is 4.98 Å². The Labute approximate surface area is 85.6 Å². The molecule has 0 fully saturated rings. The summed E-state index contributed by atoms with van der Waals surface area (Å²) < 4.78 is 38.8. The minimum absolute atomic E-state index is 0.665. The minimum Gasteiger partial charge on any atom is -0.398 e. The fourth-order valence-corrected chi connectivity index (χ4v) is 1.00. The average Bonchev–Trinajstić information content (AvgIpc) is 1.99. The summed E-state index contributed by atoms with van der Waals surface area (Å²) in [4.78, 5) is 12.5. The first kappa shape index (κ1) is 11.5. The van der Waals surface area contributed by atoms with Crippen LogP contribution in [0.1, 0.15) is 0 Å². The second kappa shape index (κ2) is 3.89. The van der Waals surface area contributed by atoms with Crippen LogP contribution in [0.5, 0.6) is 5.75 Å². The Morgan fingerprint density at radius 2 is 2.13 bits per heavy atom.